The first-order chi connectivity index (χ1) is 6.91. The van der Waals surface area contributed by atoms with Gasteiger partial charge in [0.05, 0.1) is 0 Å². The largest absolute Gasteiger partial charge is 0.508 e. The number of halogens is 2. The molecule has 0 aliphatic carbocycles. The van der Waals surface area contributed by atoms with E-state index in [1.165, 1.54) is 0 Å². The van der Waals surface area contributed by atoms with Crippen molar-refractivity contribution in [2.45, 2.75) is 6.42 Å². The molecular formula is C9H6F2O4. The Labute approximate surface area is 82.8 Å². The number of hydrogen-bond acceptors (Lipinski definition) is 3. The number of rotatable bonds is 3. The predicted octanol–water partition coefficient (Wildman–Crippen LogP) is 0.867. The van der Waals surface area contributed by atoms with Crippen molar-refractivity contribution in [3.05, 3.63) is 29.3 Å². The van der Waals surface area contributed by atoms with E-state index in [2.05, 4.69) is 0 Å². The smallest absolute Gasteiger partial charge is 0.372 e. The lowest BCUT2D eigenvalue weighted by atomic mass is 10.1. The molecule has 1 aromatic carbocycles. The van der Waals surface area contributed by atoms with Crippen molar-refractivity contribution in [2.24, 2.45) is 0 Å². The van der Waals surface area contributed by atoms with Crippen LogP contribution in [0.4, 0.5) is 8.78 Å². The van der Waals surface area contributed by atoms with Gasteiger partial charge in [0, 0.05) is 24.1 Å². The van der Waals surface area contributed by atoms with Crippen LogP contribution in [0.5, 0.6) is 5.75 Å². The molecule has 6 heteroatoms. The molecule has 0 saturated carbocycles. The number of hydrogen-bond donors (Lipinski definition) is 2. The minimum Gasteiger partial charge on any atom is -0.508 e. The van der Waals surface area contributed by atoms with Crippen LogP contribution in [0.3, 0.4) is 0 Å². The maximum absolute atomic E-state index is 13.0. The number of carbonyl (C=O) groups is 2. The average Bonchev–Trinajstić information content (AvgIpc) is 2.10. The maximum Gasteiger partial charge on any atom is 0.372 e. The van der Waals surface area contributed by atoms with Crippen LogP contribution in [-0.4, -0.2) is 22.0 Å². The van der Waals surface area contributed by atoms with Crippen molar-refractivity contribution in [1.29, 1.82) is 0 Å². The third kappa shape index (κ3) is 2.49. The number of aromatic hydroxyl groups is 1. The first-order valence-electron chi connectivity index (χ1n) is 3.85. The van der Waals surface area contributed by atoms with E-state index in [0.29, 0.717) is 12.1 Å². The Hall–Kier alpha value is -1.98. The zero-order valence-corrected chi connectivity index (χ0v) is 7.33. The van der Waals surface area contributed by atoms with E-state index in [1.54, 1.807) is 0 Å². The number of carboxylic acid groups (broad SMARTS) is 1. The van der Waals surface area contributed by atoms with Gasteiger partial charge in [0.15, 0.2) is 0 Å². The molecule has 0 heterocycles. The van der Waals surface area contributed by atoms with Crippen LogP contribution in [0.15, 0.2) is 12.1 Å². The highest BCUT2D eigenvalue weighted by Crippen LogP contribution is 2.19. The molecule has 0 amide bonds. The van der Waals surface area contributed by atoms with Gasteiger partial charge in [0.1, 0.15) is 17.4 Å². The van der Waals surface area contributed by atoms with E-state index in [4.69, 9.17) is 10.2 Å². The second kappa shape index (κ2) is 4.04. The van der Waals surface area contributed by atoms with Crippen LogP contribution in [0, 0.1) is 11.6 Å². The van der Waals surface area contributed by atoms with Crippen molar-refractivity contribution in [3.63, 3.8) is 0 Å². The van der Waals surface area contributed by atoms with Gasteiger partial charge in [-0.2, -0.15) is 0 Å². The number of phenolic OH excluding ortho intramolecular Hbond substituents is 1. The highest BCUT2D eigenvalue weighted by molar-refractivity contribution is 6.33. The van der Waals surface area contributed by atoms with Gasteiger partial charge in [-0.1, -0.05) is 0 Å². The zero-order chi connectivity index (χ0) is 11.6. The highest BCUT2D eigenvalue weighted by atomic mass is 19.1. The molecule has 15 heavy (non-hydrogen) atoms. The van der Waals surface area contributed by atoms with Gasteiger partial charge in [-0.05, 0) is 0 Å². The summed E-state index contributed by atoms with van der Waals surface area (Å²) < 4.78 is 26.0. The van der Waals surface area contributed by atoms with Crippen LogP contribution >= 0.6 is 0 Å². The minimum absolute atomic E-state index is 0.605. The Balaban J connectivity index is 3.05. The van der Waals surface area contributed by atoms with Gasteiger partial charge < -0.3 is 10.2 Å². The van der Waals surface area contributed by atoms with Crippen LogP contribution in [0.1, 0.15) is 5.56 Å². The summed E-state index contributed by atoms with van der Waals surface area (Å²) in [5.74, 6) is -6.01. The van der Waals surface area contributed by atoms with E-state index >= 15 is 0 Å². The Morgan fingerprint density at radius 2 is 1.67 bits per heavy atom. The molecule has 0 radical (unpaired) electrons. The summed E-state index contributed by atoms with van der Waals surface area (Å²) in [7, 11) is 0. The highest BCUT2D eigenvalue weighted by Gasteiger charge is 2.18. The molecule has 0 fully saturated rings. The monoisotopic (exact) mass is 216 g/mol. The Kier molecular flexibility index (Phi) is 2.99. The van der Waals surface area contributed by atoms with Crippen LogP contribution in [-0.2, 0) is 16.0 Å². The topological polar surface area (TPSA) is 74.6 Å². The predicted molar refractivity (Wildman–Crippen MR) is 44.4 cm³/mol. The van der Waals surface area contributed by atoms with Crippen LogP contribution in [0.2, 0.25) is 0 Å². The van der Waals surface area contributed by atoms with Crippen LogP contribution < -0.4 is 0 Å². The molecule has 0 bridgehead atoms. The normalized spacial score (nSPS) is 10.0. The van der Waals surface area contributed by atoms with Gasteiger partial charge in [-0.25, -0.2) is 13.6 Å². The Bertz CT molecular complexity index is 405. The molecule has 0 aliphatic rings. The molecule has 0 spiro atoms. The third-order valence-corrected chi connectivity index (χ3v) is 1.70. The number of ketones is 1. The van der Waals surface area contributed by atoms with Crippen molar-refractivity contribution in [3.8, 4) is 5.75 Å². The van der Waals surface area contributed by atoms with Crippen molar-refractivity contribution in [1.82, 2.24) is 0 Å². The van der Waals surface area contributed by atoms with Gasteiger partial charge in [-0.15, -0.1) is 0 Å². The lowest BCUT2D eigenvalue weighted by Gasteiger charge is -2.03. The molecule has 4 nitrogen and oxygen atoms in total. The molecule has 2 N–H and O–H groups in total. The zero-order valence-electron chi connectivity index (χ0n) is 7.33. The van der Waals surface area contributed by atoms with E-state index in [9.17, 15) is 18.4 Å². The molecule has 80 valence electrons. The number of carboxylic acids is 1. The van der Waals surface area contributed by atoms with Crippen molar-refractivity contribution in [2.75, 3.05) is 0 Å². The number of phenols is 1. The van der Waals surface area contributed by atoms with Gasteiger partial charge >= 0.3 is 5.97 Å². The molecule has 1 aromatic rings. The summed E-state index contributed by atoms with van der Waals surface area (Å²) in [6.07, 6.45) is -0.882. The summed E-state index contributed by atoms with van der Waals surface area (Å²) in [4.78, 5) is 20.9. The van der Waals surface area contributed by atoms with Gasteiger partial charge in [0.25, 0.3) is 0 Å². The van der Waals surface area contributed by atoms with Gasteiger partial charge in [-0.3, -0.25) is 4.79 Å². The number of Topliss-reactive ketones (excluding diaryl/α,β-unsaturated/α-hetero) is 1. The van der Waals surface area contributed by atoms with Crippen molar-refractivity contribution < 1.29 is 28.6 Å². The number of benzene rings is 1. The second-order valence-electron chi connectivity index (χ2n) is 2.79. The molecule has 0 aliphatic heterocycles. The maximum atomic E-state index is 13.0. The fourth-order valence-corrected chi connectivity index (χ4v) is 0.995. The summed E-state index contributed by atoms with van der Waals surface area (Å²) >= 11 is 0. The minimum atomic E-state index is -1.76. The SMILES string of the molecule is O=C(O)C(=O)Cc1c(F)cc(O)cc1F. The Morgan fingerprint density at radius 1 is 1.20 bits per heavy atom. The van der Waals surface area contributed by atoms with Crippen LogP contribution in [0.25, 0.3) is 0 Å². The average molecular weight is 216 g/mol. The molecule has 0 saturated heterocycles. The fraction of sp³-hybridized carbons (Fsp3) is 0.111. The summed E-state index contributed by atoms with van der Waals surface area (Å²) in [5.41, 5.74) is -0.666. The van der Waals surface area contributed by atoms with Crippen molar-refractivity contribution >= 4 is 11.8 Å². The molecule has 0 atom stereocenters. The summed E-state index contributed by atoms with van der Waals surface area (Å²) in [5, 5.41) is 17.0. The fourth-order valence-electron chi connectivity index (χ4n) is 0.995. The van der Waals surface area contributed by atoms with Gasteiger partial charge in [0.2, 0.25) is 5.78 Å². The van der Waals surface area contributed by atoms with E-state index < -0.39 is 41.1 Å². The molecular weight excluding hydrogens is 210 g/mol. The quantitative estimate of drug-likeness (QED) is 0.735. The lowest BCUT2D eigenvalue weighted by Crippen LogP contribution is -2.16. The lowest BCUT2D eigenvalue weighted by molar-refractivity contribution is -0.148. The van der Waals surface area contributed by atoms with E-state index in [1.807, 2.05) is 0 Å². The summed E-state index contributed by atoms with van der Waals surface area (Å²) in [6.45, 7) is 0. The Morgan fingerprint density at radius 3 is 2.07 bits per heavy atom. The first-order valence-corrected chi connectivity index (χ1v) is 3.85. The first kappa shape index (κ1) is 11.1. The molecule has 1 rings (SSSR count). The standard InChI is InChI=1S/C9H6F2O4/c10-6-1-4(12)2-7(11)5(6)3-8(13)9(14)15/h1-2,12H,3H2,(H,14,15). The second-order valence-corrected chi connectivity index (χ2v) is 2.79. The number of aliphatic carboxylic acids is 1. The van der Waals surface area contributed by atoms with E-state index in [-0.39, 0.29) is 0 Å². The van der Waals surface area contributed by atoms with E-state index in [0.717, 1.165) is 0 Å². The summed E-state index contributed by atoms with van der Waals surface area (Å²) in [6, 6.07) is 1.21. The third-order valence-electron chi connectivity index (χ3n) is 1.70. The number of carbonyl (C=O) groups excluding carboxylic acids is 1. The molecule has 0 aromatic heterocycles. The molecule has 0 unspecified atom stereocenters.